The van der Waals surface area contributed by atoms with Crippen molar-refractivity contribution in [2.75, 3.05) is 32.8 Å². The van der Waals surface area contributed by atoms with E-state index in [9.17, 15) is 5.11 Å². The van der Waals surface area contributed by atoms with Gasteiger partial charge >= 0.3 is 0 Å². The molecule has 4 rings (SSSR count). The normalized spacial score (nSPS) is 23.3. The first-order valence-electron chi connectivity index (χ1n) is 10.0. The number of furan rings is 1. The maximum absolute atomic E-state index is 9.35. The number of hydrogen-bond acceptors (Lipinski definition) is 4. The highest BCUT2D eigenvalue weighted by Crippen LogP contribution is 2.25. The molecule has 0 spiro atoms. The lowest BCUT2D eigenvalue weighted by atomic mass is 9.94. The van der Waals surface area contributed by atoms with Crippen LogP contribution in [0.4, 0.5) is 0 Å². The van der Waals surface area contributed by atoms with Crippen LogP contribution in [0.3, 0.4) is 0 Å². The number of rotatable bonds is 5. The summed E-state index contributed by atoms with van der Waals surface area (Å²) in [6.07, 6.45) is 6.63. The van der Waals surface area contributed by atoms with Crippen LogP contribution >= 0.6 is 0 Å². The largest absolute Gasteiger partial charge is 0.464 e. The Hall–Kier alpha value is -1.62. The Morgan fingerprint density at radius 2 is 1.92 bits per heavy atom. The summed E-state index contributed by atoms with van der Waals surface area (Å²) in [5.41, 5.74) is 2.52. The summed E-state index contributed by atoms with van der Waals surface area (Å²) >= 11 is 0. The minimum absolute atomic E-state index is 0.358. The fourth-order valence-corrected chi connectivity index (χ4v) is 4.50. The number of hydrogen-bond donors (Lipinski definition) is 1. The summed E-state index contributed by atoms with van der Waals surface area (Å²) in [5, 5.41) is 9.35. The van der Waals surface area contributed by atoms with Gasteiger partial charge in [0.2, 0.25) is 0 Å². The Balaban J connectivity index is 1.36. The predicted molar refractivity (Wildman–Crippen MR) is 104 cm³/mol. The molecule has 4 heteroatoms. The van der Waals surface area contributed by atoms with Gasteiger partial charge in [-0.05, 0) is 75.0 Å². The number of piperidine rings is 2. The number of nitrogens with zero attached hydrogens (tertiary/aromatic N) is 2. The third-order valence-corrected chi connectivity index (χ3v) is 6.04. The highest BCUT2D eigenvalue weighted by molar-refractivity contribution is 5.58. The van der Waals surface area contributed by atoms with Gasteiger partial charge in [-0.3, -0.25) is 9.80 Å². The van der Waals surface area contributed by atoms with Gasteiger partial charge in [0, 0.05) is 31.3 Å². The Bertz CT molecular complexity index is 677. The average molecular weight is 354 g/mol. The zero-order valence-electron chi connectivity index (χ0n) is 15.5. The monoisotopic (exact) mass is 354 g/mol. The first kappa shape index (κ1) is 17.8. The van der Waals surface area contributed by atoms with Crippen molar-refractivity contribution < 1.29 is 9.52 Å². The second-order valence-corrected chi connectivity index (χ2v) is 7.87. The van der Waals surface area contributed by atoms with Gasteiger partial charge in [0.25, 0.3) is 0 Å². The Morgan fingerprint density at radius 1 is 1.04 bits per heavy atom. The Morgan fingerprint density at radius 3 is 2.69 bits per heavy atom. The molecular weight excluding hydrogens is 324 g/mol. The summed E-state index contributed by atoms with van der Waals surface area (Å²) in [5.74, 6) is 1.46. The van der Waals surface area contributed by atoms with Crippen molar-refractivity contribution in [2.24, 2.45) is 5.92 Å². The van der Waals surface area contributed by atoms with Crippen molar-refractivity contribution in [1.29, 1.82) is 0 Å². The van der Waals surface area contributed by atoms with Crippen LogP contribution in [0, 0.1) is 5.92 Å². The van der Waals surface area contributed by atoms with Crippen LogP contribution in [0.1, 0.15) is 31.2 Å². The quantitative estimate of drug-likeness (QED) is 0.890. The van der Waals surface area contributed by atoms with Crippen LogP contribution in [-0.4, -0.2) is 53.7 Å². The van der Waals surface area contributed by atoms with Gasteiger partial charge in [-0.25, -0.2) is 0 Å². The van der Waals surface area contributed by atoms with Crippen LogP contribution in [0.25, 0.3) is 11.3 Å². The summed E-state index contributed by atoms with van der Waals surface area (Å²) in [7, 11) is 0. The molecule has 2 saturated heterocycles. The minimum atomic E-state index is 0.358. The predicted octanol–water partition coefficient (Wildman–Crippen LogP) is 3.62. The third-order valence-electron chi connectivity index (χ3n) is 6.04. The molecule has 1 N–H and O–H groups in total. The number of likely N-dealkylation sites (tertiary alicyclic amines) is 2. The third kappa shape index (κ3) is 4.20. The van der Waals surface area contributed by atoms with Gasteiger partial charge in [0.15, 0.2) is 0 Å². The molecule has 1 atom stereocenters. The summed E-state index contributed by atoms with van der Waals surface area (Å²) in [6, 6.07) is 13.4. The van der Waals surface area contributed by atoms with E-state index in [1.165, 1.54) is 24.9 Å². The molecule has 2 aromatic rings. The Labute approximate surface area is 156 Å². The van der Waals surface area contributed by atoms with Crippen LogP contribution in [0.2, 0.25) is 0 Å². The molecule has 0 bridgehead atoms. The fourth-order valence-electron chi connectivity index (χ4n) is 4.50. The van der Waals surface area contributed by atoms with Crippen LogP contribution < -0.4 is 0 Å². The molecule has 1 aromatic carbocycles. The van der Waals surface area contributed by atoms with Gasteiger partial charge in [-0.1, -0.05) is 18.2 Å². The van der Waals surface area contributed by atoms with E-state index in [2.05, 4.69) is 34.1 Å². The molecule has 0 aliphatic carbocycles. The molecule has 0 radical (unpaired) electrons. The van der Waals surface area contributed by atoms with E-state index >= 15 is 0 Å². The first-order chi connectivity index (χ1) is 12.8. The van der Waals surface area contributed by atoms with Crippen molar-refractivity contribution in [2.45, 2.75) is 38.3 Å². The van der Waals surface area contributed by atoms with E-state index in [-0.39, 0.29) is 0 Å². The minimum Gasteiger partial charge on any atom is -0.464 e. The molecule has 2 aliphatic rings. The number of aliphatic hydroxyl groups excluding tert-OH is 1. The van der Waals surface area contributed by atoms with E-state index in [4.69, 9.17) is 4.42 Å². The molecular formula is C22H30N2O2. The van der Waals surface area contributed by atoms with E-state index in [0.717, 1.165) is 50.3 Å². The molecule has 0 saturated carbocycles. The van der Waals surface area contributed by atoms with Gasteiger partial charge < -0.3 is 9.52 Å². The van der Waals surface area contributed by atoms with Crippen molar-refractivity contribution in [3.8, 4) is 11.3 Å². The smallest absolute Gasteiger partial charge is 0.133 e. The second-order valence-electron chi connectivity index (χ2n) is 7.87. The van der Waals surface area contributed by atoms with Gasteiger partial charge in [-0.15, -0.1) is 0 Å². The molecule has 2 fully saturated rings. The Kier molecular flexibility index (Phi) is 5.73. The lowest BCUT2D eigenvalue weighted by Gasteiger charge is -2.42. The molecule has 3 heterocycles. The van der Waals surface area contributed by atoms with Crippen LogP contribution in [0.15, 0.2) is 47.1 Å². The van der Waals surface area contributed by atoms with E-state index in [1.54, 1.807) is 6.26 Å². The standard InChI is InChI=1S/C22H30N2O2/c25-17-18-8-11-24(12-9-18)21-6-2-10-23(16-21)15-19-4-1-5-20(14-19)22-7-3-13-26-22/h1,3-5,7,13-14,18,21,25H,2,6,8-12,15-17H2. The molecule has 4 nitrogen and oxygen atoms in total. The maximum Gasteiger partial charge on any atom is 0.133 e. The van der Waals surface area contributed by atoms with Gasteiger partial charge in [-0.2, -0.15) is 0 Å². The van der Waals surface area contributed by atoms with Crippen LogP contribution in [0.5, 0.6) is 0 Å². The highest BCUT2D eigenvalue weighted by atomic mass is 16.3. The number of aliphatic hydroxyl groups is 1. The molecule has 1 aromatic heterocycles. The highest BCUT2D eigenvalue weighted by Gasteiger charge is 2.28. The van der Waals surface area contributed by atoms with Crippen molar-refractivity contribution in [3.05, 3.63) is 48.2 Å². The number of benzene rings is 1. The lowest BCUT2D eigenvalue weighted by molar-refractivity contribution is 0.0544. The van der Waals surface area contributed by atoms with Crippen molar-refractivity contribution >= 4 is 0 Å². The lowest BCUT2D eigenvalue weighted by Crippen LogP contribution is -2.50. The SMILES string of the molecule is OCC1CCN(C2CCCN(Cc3cccc(-c4ccco4)c3)C2)CC1. The second kappa shape index (κ2) is 8.38. The van der Waals surface area contributed by atoms with Gasteiger partial charge in [0.05, 0.1) is 6.26 Å². The molecule has 0 amide bonds. The molecule has 26 heavy (non-hydrogen) atoms. The van der Waals surface area contributed by atoms with Gasteiger partial charge in [0.1, 0.15) is 5.76 Å². The summed E-state index contributed by atoms with van der Waals surface area (Å²) < 4.78 is 5.54. The molecule has 2 aliphatic heterocycles. The summed E-state index contributed by atoms with van der Waals surface area (Å²) in [4.78, 5) is 5.27. The van der Waals surface area contributed by atoms with E-state index in [1.807, 2.05) is 12.1 Å². The topological polar surface area (TPSA) is 39.9 Å². The fraction of sp³-hybridized carbons (Fsp3) is 0.545. The zero-order chi connectivity index (χ0) is 17.8. The van der Waals surface area contributed by atoms with Crippen molar-refractivity contribution in [3.63, 3.8) is 0 Å². The first-order valence-corrected chi connectivity index (χ1v) is 10.0. The average Bonchev–Trinajstić information content (AvgIpc) is 3.23. The molecule has 140 valence electrons. The van der Waals surface area contributed by atoms with Crippen molar-refractivity contribution in [1.82, 2.24) is 9.80 Å². The van der Waals surface area contributed by atoms with E-state index < -0.39 is 0 Å². The maximum atomic E-state index is 9.35. The zero-order valence-corrected chi connectivity index (χ0v) is 15.5. The van der Waals surface area contributed by atoms with E-state index in [0.29, 0.717) is 18.6 Å². The molecule has 1 unspecified atom stereocenters. The van der Waals surface area contributed by atoms with Crippen LogP contribution in [-0.2, 0) is 6.54 Å². The summed E-state index contributed by atoms with van der Waals surface area (Å²) in [6.45, 7) is 6.02.